The van der Waals surface area contributed by atoms with E-state index in [0.29, 0.717) is 22.3 Å². The third-order valence-corrected chi connectivity index (χ3v) is 7.01. The molecule has 0 unspecified atom stereocenters. The molecule has 1 N–H and O–H groups in total. The first kappa shape index (κ1) is 23.0. The second kappa shape index (κ2) is 9.36. The van der Waals surface area contributed by atoms with E-state index in [1.165, 1.54) is 9.78 Å². The van der Waals surface area contributed by atoms with Gasteiger partial charge in [-0.25, -0.2) is 9.67 Å². The summed E-state index contributed by atoms with van der Waals surface area (Å²) in [6.45, 7) is 6.12. The highest BCUT2D eigenvalue weighted by atomic mass is 32.2. The first-order valence-corrected chi connectivity index (χ1v) is 12.1. The number of benzene rings is 1. The van der Waals surface area contributed by atoms with E-state index >= 15 is 0 Å². The Labute approximate surface area is 200 Å². The standard InChI is InChI=1S/C24H25N5O2S2/c1-14(2)29-22-19(13-25-29)18(12-20(27-22)21-10-9-15(3)32-21)23(30)26-16-7-6-8-17(11-16)33-24(31)28(4)5/h6-14H,1-5H3,(H,26,30). The smallest absolute Gasteiger partial charge is 0.285 e. The zero-order valence-electron chi connectivity index (χ0n) is 19.1. The molecule has 3 heterocycles. The molecular weight excluding hydrogens is 454 g/mol. The Kier molecular flexibility index (Phi) is 6.53. The van der Waals surface area contributed by atoms with Crippen LogP contribution in [0.3, 0.4) is 0 Å². The van der Waals surface area contributed by atoms with Gasteiger partial charge >= 0.3 is 0 Å². The predicted molar refractivity (Wildman–Crippen MR) is 135 cm³/mol. The highest BCUT2D eigenvalue weighted by Gasteiger charge is 2.19. The summed E-state index contributed by atoms with van der Waals surface area (Å²) in [5, 5.41) is 8.08. The van der Waals surface area contributed by atoms with Gasteiger partial charge in [-0.1, -0.05) is 6.07 Å². The maximum atomic E-state index is 13.4. The SMILES string of the molecule is Cc1ccc(-c2cc(C(=O)Nc3cccc(SC(=O)N(C)C)c3)c3cnn(C(C)C)c3n2)s1. The summed E-state index contributed by atoms with van der Waals surface area (Å²) in [4.78, 5) is 34.7. The normalized spacial score (nSPS) is 11.2. The number of pyridine rings is 1. The number of aromatic nitrogens is 3. The molecule has 3 aromatic heterocycles. The van der Waals surface area contributed by atoms with Gasteiger partial charge in [-0.3, -0.25) is 9.59 Å². The maximum absolute atomic E-state index is 13.4. The fourth-order valence-corrected chi connectivity index (χ4v) is 4.85. The molecule has 0 atom stereocenters. The Hall–Kier alpha value is -3.17. The van der Waals surface area contributed by atoms with E-state index in [9.17, 15) is 9.59 Å². The second-order valence-corrected chi connectivity index (χ2v) is 10.4. The van der Waals surface area contributed by atoms with Crippen LogP contribution >= 0.6 is 23.1 Å². The Morgan fingerprint density at radius 3 is 2.61 bits per heavy atom. The van der Waals surface area contributed by atoms with Gasteiger partial charge in [-0.05, 0) is 68.9 Å². The molecule has 1 aromatic carbocycles. The fraction of sp³-hybridized carbons (Fsp3) is 0.250. The number of anilines is 1. The first-order chi connectivity index (χ1) is 15.7. The Balaban J connectivity index is 1.71. The van der Waals surface area contributed by atoms with Gasteiger partial charge in [0.25, 0.3) is 11.1 Å². The van der Waals surface area contributed by atoms with Crippen LogP contribution in [0.5, 0.6) is 0 Å². The van der Waals surface area contributed by atoms with Crippen molar-refractivity contribution in [3.05, 3.63) is 59.1 Å². The molecule has 2 amide bonds. The van der Waals surface area contributed by atoms with Gasteiger partial charge in [0.15, 0.2) is 5.65 Å². The van der Waals surface area contributed by atoms with Crippen molar-refractivity contribution in [3.8, 4) is 10.6 Å². The number of thioether (sulfide) groups is 1. The molecule has 0 bridgehead atoms. The van der Waals surface area contributed by atoms with Gasteiger partial charge in [0.2, 0.25) is 0 Å². The van der Waals surface area contributed by atoms with Gasteiger partial charge in [0.05, 0.1) is 27.7 Å². The number of carbonyl (C=O) groups excluding carboxylic acids is 2. The third-order valence-electron chi connectivity index (χ3n) is 4.96. The van der Waals surface area contributed by atoms with Crippen molar-refractivity contribution in [2.45, 2.75) is 31.7 Å². The van der Waals surface area contributed by atoms with Crippen LogP contribution in [0.2, 0.25) is 0 Å². The molecule has 0 fully saturated rings. The van der Waals surface area contributed by atoms with Crippen molar-refractivity contribution >= 4 is 51.0 Å². The number of nitrogens with one attached hydrogen (secondary N) is 1. The Morgan fingerprint density at radius 2 is 1.94 bits per heavy atom. The monoisotopic (exact) mass is 479 g/mol. The molecule has 0 aliphatic heterocycles. The lowest BCUT2D eigenvalue weighted by Gasteiger charge is -2.12. The summed E-state index contributed by atoms with van der Waals surface area (Å²) in [5.74, 6) is -0.249. The molecule has 0 saturated heterocycles. The number of hydrogen-bond acceptors (Lipinski definition) is 6. The van der Waals surface area contributed by atoms with Crippen LogP contribution in [0.4, 0.5) is 10.5 Å². The number of nitrogens with zero attached hydrogens (tertiary/aromatic N) is 4. The van der Waals surface area contributed by atoms with Gasteiger partial charge in [0.1, 0.15) is 0 Å². The van der Waals surface area contributed by atoms with Gasteiger partial charge in [-0.2, -0.15) is 5.10 Å². The number of hydrogen-bond donors (Lipinski definition) is 1. The van der Waals surface area contributed by atoms with E-state index < -0.39 is 0 Å². The first-order valence-electron chi connectivity index (χ1n) is 10.5. The van der Waals surface area contributed by atoms with Crippen LogP contribution in [0.15, 0.2) is 53.6 Å². The van der Waals surface area contributed by atoms with Gasteiger partial charge < -0.3 is 10.2 Å². The predicted octanol–water partition coefficient (Wildman–Crippen LogP) is 6.08. The molecule has 0 radical (unpaired) electrons. The number of rotatable bonds is 5. The van der Waals surface area contributed by atoms with E-state index in [1.54, 1.807) is 37.7 Å². The van der Waals surface area contributed by atoms with Crippen molar-refractivity contribution < 1.29 is 9.59 Å². The second-order valence-electron chi connectivity index (χ2n) is 8.13. The summed E-state index contributed by atoms with van der Waals surface area (Å²) < 4.78 is 1.83. The molecule has 0 spiro atoms. The number of amides is 2. The highest BCUT2D eigenvalue weighted by molar-refractivity contribution is 8.13. The molecule has 0 saturated carbocycles. The van der Waals surface area contributed by atoms with E-state index in [0.717, 1.165) is 27.2 Å². The molecule has 4 aromatic rings. The maximum Gasteiger partial charge on any atom is 0.285 e. The quantitative estimate of drug-likeness (QED) is 0.351. The minimum absolute atomic E-state index is 0.0775. The van der Waals surface area contributed by atoms with Crippen molar-refractivity contribution in [1.29, 1.82) is 0 Å². The average molecular weight is 480 g/mol. The number of carbonyl (C=O) groups is 2. The lowest BCUT2D eigenvalue weighted by atomic mass is 10.1. The molecule has 170 valence electrons. The summed E-state index contributed by atoms with van der Waals surface area (Å²) in [7, 11) is 3.42. The zero-order valence-corrected chi connectivity index (χ0v) is 20.8. The van der Waals surface area contributed by atoms with E-state index in [4.69, 9.17) is 4.98 Å². The van der Waals surface area contributed by atoms with Gasteiger partial charge in [-0.15, -0.1) is 11.3 Å². The van der Waals surface area contributed by atoms with Gasteiger partial charge in [0, 0.05) is 35.6 Å². The van der Waals surface area contributed by atoms with Crippen molar-refractivity contribution in [1.82, 2.24) is 19.7 Å². The van der Waals surface area contributed by atoms with E-state index in [1.807, 2.05) is 61.9 Å². The number of fused-ring (bicyclic) bond motifs is 1. The molecule has 4 rings (SSSR count). The van der Waals surface area contributed by atoms with E-state index in [2.05, 4.69) is 10.4 Å². The Morgan fingerprint density at radius 1 is 1.15 bits per heavy atom. The highest BCUT2D eigenvalue weighted by Crippen LogP contribution is 2.31. The zero-order chi connectivity index (χ0) is 23.7. The van der Waals surface area contributed by atoms with Crippen LogP contribution in [0, 0.1) is 6.92 Å². The van der Waals surface area contributed by atoms with Crippen LogP contribution < -0.4 is 5.32 Å². The van der Waals surface area contributed by atoms with Crippen LogP contribution in [-0.2, 0) is 0 Å². The minimum Gasteiger partial charge on any atom is -0.339 e. The fourth-order valence-electron chi connectivity index (χ4n) is 3.31. The number of thiophene rings is 1. The van der Waals surface area contributed by atoms with Crippen LogP contribution in [0.25, 0.3) is 21.6 Å². The summed E-state index contributed by atoms with van der Waals surface area (Å²) >= 11 is 2.75. The molecule has 33 heavy (non-hydrogen) atoms. The summed E-state index contributed by atoms with van der Waals surface area (Å²) in [5.41, 5.74) is 2.55. The minimum atomic E-state index is -0.249. The van der Waals surface area contributed by atoms with E-state index in [-0.39, 0.29) is 17.2 Å². The van der Waals surface area contributed by atoms with Crippen LogP contribution in [-0.4, -0.2) is 44.9 Å². The molecule has 9 heteroatoms. The number of aryl methyl sites for hydroxylation is 1. The van der Waals surface area contributed by atoms with Crippen molar-refractivity contribution in [2.75, 3.05) is 19.4 Å². The Bertz CT molecular complexity index is 1340. The largest absolute Gasteiger partial charge is 0.339 e. The third kappa shape index (κ3) is 4.94. The summed E-state index contributed by atoms with van der Waals surface area (Å²) in [6.07, 6.45) is 1.70. The topological polar surface area (TPSA) is 80.1 Å². The lowest BCUT2D eigenvalue weighted by molar-refractivity contribution is 0.102. The molecule has 0 aliphatic carbocycles. The van der Waals surface area contributed by atoms with Crippen LogP contribution in [0.1, 0.15) is 35.1 Å². The summed E-state index contributed by atoms with van der Waals surface area (Å²) in [6, 6.07) is 13.3. The average Bonchev–Trinajstić information content (AvgIpc) is 3.39. The van der Waals surface area contributed by atoms with Crippen molar-refractivity contribution in [3.63, 3.8) is 0 Å². The van der Waals surface area contributed by atoms with Crippen molar-refractivity contribution in [2.24, 2.45) is 0 Å². The molecule has 7 nitrogen and oxygen atoms in total. The molecule has 0 aliphatic rings. The molecular formula is C24H25N5O2S2. The lowest BCUT2D eigenvalue weighted by Crippen LogP contribution is -2.16.